The highest BCUT2D eigenvalue weighted by Gasteiger charge is 2.06. The van der Waals surface area contributed by atoms with Gasteiger partial charge in [-0.15, -0.1) is 0 Å². The van der Waals surface area contributed by atoms with Gasteiger partial charge in [0.25, 0.3) is 0 Å². The van der Waals surface area contributed by atoms with E-state index in [9.17, 15) is 0 Å². The number of anilines is 1. The summed E-state index contributed by atoms with van der Waals surface area (Å²) in [6.07, 6.45) is 0. The average Bonchev–Trinajstić information content (AvgIpc) is 2.27. The standard InChI is InChI=1S/C12H13NO2/c1-14-11-5-6-12(15-2)10-7-8(13)3-4-9(10)11/h3-7H,13H2,1-2H3. The fraction of sp³-hybridized carbons (Fsp3) is 0.167. The number of hydrogen-bond acceptors (Lipinski definition) is 3. The molecule has 2 rings (SSSR count). The summed E-state index contributed by atoms with van der Waals surface area (Å²) in [4.78, 5) is 0. The molecule has 78 valence electrons. The lowest BCUT2D eigenvalue weighted by Crippen LogP contribution is -1.91. The van der Waals surface area contributed by atoms with Crippen LogP contribution in [-0.4, -0.2) is 14.2 Å². The van der Waals surface area contributed by atoms with Gasteiger partial charge in [-0.1, -0.05) is 0 Å². The van der Waals surface area contributed by atoms with Gasteiger partial charge < -0.3 is 15.2 Å². The monoisotopic (exact) mass is 203 g/mol. The predicted octanol–water partition coefficient (Wildman–Crippen LogP) is 2.44. The highest BCUT2D eigenvalue weighted by atomic mass is 16.5. The molecule has 0 heterocycles. The first kappa shape index (κ1) is 9.65. The molecule has 2 aromatic carbocycles. The Balaban J connectivity index is 2.80. The van der Waals surface area contributed by atoms with Gasteiger partial charge in [0.1, 0.15) is 11.5 Å². The van der Waals surface area contributed by atoms with Crippen molar-refractivity contribution in [3.8, 4) is 11.5 Å². The van der Waals surface area contributed by atoms with Crippen LogP contribution in [-0.2, 0) is 0 Å². The Labute approximate surface area is 88.4 Å². The molecule has 3 nitrogen and oxygen atoms in total. The first-order valence-corrected chi connectivity index (χ1v) is 4.66. The normalized spacial score (nSPS) is 10.3. The van der Waals surface area contributed by atoms with E-state index in [4.69, 9.17) is 15.2 Å². The fourth-order valence-electron chi connectivity index (χ4n) is 1.67. The molecular formula is C12H13NO2. The lowest BCUT2D eigenvalue weighted by Gasteiger charge is -2.09. The number of fused-ring (bicyclic) bond motifs is 1. The number of nitrogens with two attached hydrogens (primary N) is 1. The van der Waals surface area contributed by atoms with E-state index in [1.54, 1.807) is 14.2 Å². The molecular weight excluding hydrogens is 190 g/mol. The zero-order chi connectivity index (χ0) is 10.8. The van der Waals surface area contributed by atoms with Crippen LogP contribution in [0.4, 0.5) is 5.69 Å². The molecule has 0 amide bonds. The quantitative estimate of drug-likeness (QED) is 0.762. The Morgan fingerprint density at radius 3 is 2.07 bits per heavy atom. The molecule has 0 saturated carbocycles. The summed E-state index contributed by atoms with van der Waals surface area (Å²) in [7, 11) is 3.29. The van der Waals surface area contributed by atoms with Crippen molar-refractivity contribution in [3.05, 3.63) is 30.3 Å². The first-order valence-electron chi connectivity index (χ1n) is 4.66. The molecule has 15 heavy (non-hydrogen) atoms. The summed E-state index contributed by atoms with van der Waals surface area (Å²) in [5, 5.41) is 1.97. The molecule has 2 aromatic rings. The molecule has 0 aliphatic heterocycles. The maximum Gasteiger partial charge on any atom is 0.127 e. The maximum atomic E-state index is 5.74. The average molecular weight is 203 g/mol. The van der Waals surface area contributed by atoms with Crippen molar-refractivity contribution in [2.45, 2.75) is 0 Å². The van der Waals surface area contributed by atoms with E-state index in [-0.39, 0.29) is 0 Å². The molecule has 0 fully saturated rings. The topological polar surface area (TPSA) is 44.5 Å². The Morgan fingerprint density at radius 2 is 1.47 bits per heavy atom. The number of methoxy groups -OCH3 is 2. The maximum absolute atomic E-state index is 5.74. The minimum atomic E-state index is 0.717. The molecule has 0 atom stereocenters. The Morgan fingerprint density at radius 1 is 0.867 bits per heavy atom. The molecule has 0 aromatic heterocycles. The summed E-state index contributed by atoms with van der Waals surface area (Å²) in [5.74, 6) is 1.63. The van der Waals surface area contributed by atoms with Crippen molar-refractivity contribution in [1.29, 1.82) is 0 Å². The van der Waals surface area contributed by atoms with Gasteiger partial charge in [-0.25, -0.2) is 0 Å². The highest BCUT2D eigenvalue weighted by molar-refractivity contribution is 5.95. The second-order valence-electron chi connectivity index (χ2n) is 3.28. The molecule has 0 aliphatic rings. The van der Waals surface area contributed by atoms with Gasteiger partial charge in [-0.2, -0.15) is 0 Å². The van der Waals surface area contributed by atoms with E-state index in [1.807, 2.05) is 30.3 Å². The van der Waals surface area contributed by atoms with E-state index in [0.717, 1.165) is 22.3 Å². The smallest absolute Gasteiger partial charge is 0.127 e. The van der Waals surface area contributed by atoms with E-state index in [2.05, 4.69) is 0 Å². The van der Waals surface area contributed by atoms with Crippen molar-refractivity contribution in [2.75, 3.05) is 20.0 Å². The van der Waals surface area contributed by atoms with Crippen LogP contribution in [0.15, 0.2) is 30.3 Å². The van der Waals surface area contributed by atoms with Crippen LogP contribution in [0.3, 0.4) is 0 Å². The first-order chi connectivity index (χ1) is 7.26. The summed E-state index contributed by atoms with van der Waals surface area (Å²) < 4.78 is 10.5. The molecule has 0 saturated heterocycles. The van der Waals surface area contributed by atoms with Crippen LogP contribution in [0.2, 0.25) is 0 Å². The molecule has 3 heteroatoms. The third kappa shape index (κ3) is 1.56. The largest absolute Gasteiger partial charge is 0.496 e. The van der Waals surface area contributed by atoms with E-state index >= 15 is 0 Å². The summed E-state index contributed by atoms with van der Waals surface area (Å²) in [6.45, 7) is 0. The third-order valence-corrected chi connectivity index (χ3v) is 2.40. The minimum absolute atomic E-state index is 0.717. The van der Waals surface area contributed by atoms with Crippen LogP contribution in [0.5, 0.6) is 11.5 Å². The number of benzene rings is 2. The second kappa shape index (κ2) is 3.69. The molecule has 0 unspecified atom stereocenters. The molecule has 0 spiro atoms. The van der Waals surface area contributed by atoms with Crippen molar-refractivity contribution < 1.29 is 9.47 Å². The summed E-state index contributed by atoms with van der Waals surface area (Å²) >= 11 is 0. The molecule has 0 bridgehead atoms. The number of nitrogen functional groups attached to an aromatic ring is 1. The Hall–Kier alpha value is -1.90. The third-order valence-electron chi connectivity index (χ3n) is 2.40. The van der Waals surface area contributed by atoms with Crippen LogP contribution in [0.25, 0.3) is 10.8 Å². The van der Waals surface area contributed by atoms with Gasteiger partial charge in [0.05, 0.1) is 14.2 Å². The lowest BCUT2D eigenvalue weighted by molar-refractivity contribution is 0.410. The number of hydrogen-bond donors (Lipinski definition) is 1. The minimum Gasteiger partial charge on any atom is -0.496 e. The number of ether oxygens (including phenoxy) is 2. The SMILES string of the molecule is COc1ccc(OC)c2cc(N)ccc12. The molecule has 2 N–H and O–H groups in total. The number of rotatable bonds is 2. The fourth-order valence-corrected chi connectivity index (χ4v) is 1.67. The van der Waals surface area contributed by atoms with Crippen LogP contribution < -0.4 is 15.2 Å². The van der Waals surface area contributed by atoms with Gasteiger partial charge >= 0.3 is 0 Å². The highest BCUT2D eigenvalue weighted by Crippen LogP contribution is 2.33. The van der Waals surface area contributed by atoms with Gasteiger partial charge in [0, 0.05) is 16.5 Å². The second-order valence-corrected chi connectivity index (χ2v) is 3.28. The van der Waals surface area contributed by atoms with Gasteiger partial charge in [0.2, 0.25) is 0 Å². The van der Waals surface area contributed by atoms with Crippen molar-refractivity contribution in [2.24, 2.45) is 0 Å². The van der Waals surface area contributed by atoms with E-state index < -0.39 is 0 Å². The van der Waals surface area contributed by atoms with Crippen LogP contribution in [0, 0.1) is 0 Å². The predicted molar refractivity (Wildman–Crippen MR) is 61.5 cm³/mol. The van der Waals surface area contributed by atoms with Gasteiger partial charge in [-0.05, 0) is 30.3 Å². The van der Waals surface area contributed by atoms with Crippen molar-refractivity contribution in [3.63, 3.8) is 0 Å². The zero-order valence-corrected chi connectivity index (χ0v) is 8.78. The Bertz CT molecular complexity index is 494. The molecule has 0 aliphatic carbocycles. The van der Waals surface area contributed by atoms with E-state index in [1.165, 1.54) is 0 Å². The van der Waals surface area contributed by atoms with Gasteiger partial charge in [-0.3, -0.25) is 0 Å². The summed E-state index contributed by atoms with van der Waals surface area (Å²) in [6, 6.07) is 9.44. The van der Waals surface area contributed by atoms with Crippen molar-refractivity contribution in [1.82, 2.24) is 0 Å². The summed E-state index contributed by atoms with van der Waals surface area (Å²) in [5.41, 5.74) is 6.46. The van der Waals surface area contributed by atoms with Crippen LogP contribution >= 0.6 is 0 Å². The zero-order valence-electron chi connectivity index (χ0n) is 8.78. The molecule has 0 radical (unpaired) electrons. The van der Waals surface area contributed by atoms with Gasteiger partial charge in [0.15, 0.2) is 0 Å². The Kier molecular flexibility index (Phi) is 2.37. The lowest BCUT2D eigenvalue weighted by atomic mass is 10.1. The van der Waals surface area contributed by atoms with Crippen molar-refractivity contribution >= 4 is 16.5 Å². The van der Waals surface area contributed by atoms with Crippen LogP contribution in [0.1, 0.15) is 0 Å². The van der Waals surface area contributed by atoms with E-state index in [0.29, 0.717) is 5.69 Å².